The quantitative estimate of drug-likeness (QED) is 0.729. The van der Waals surface area contributed by atoms with E-state index in [9.17, 15) is 9.59 Å². The molecule has 0 bridgehead atoms. The first kappa shape index (κ1) is 22.1. The van der Waals surface area contributed by atoms with Gasteiger partial charge < -0.3 is 10.2 Å². The molecule has 0 spiro atoms. The molecule has 1 atom stereocenters. The molecule has 0 aliphatic heterocycles. The Morgan fingerprint density at radius 3 is 2.40 bits per heavy atom. The Hall–Kier alpha value is -2.62. The number of aryl methyl sites for hydroxylation is 3. The van der Waals surface area contributed by atoms with Gasteiger partial charge in [0.25, 0.3) is 0 Å². The smallest absolute Gasteiger partial charge is 0.242 e. The second kappa shape index (κ2) is 9.92. The molecule has 4 heteroatoms. The molecular weight excluding hydrogens is 372 g/mol. The number of rotatable bonds is 7. The van der Waals surface area contributed by atoms with Crippen molar-refractivity contribution in [2.24, 2.45) is 0 Å². The van der Waals surface area contributed by atoms with Gasteiger partial charge in [-0.05, 0) is 62.8 Å². The Kier molecular flexibility index (Phi) is 7.30. The molecule has 160 valence electrons. The predicted octanol–water partition coefficient (Wildman–Crippen LogP) is 4.63. The average Bonchev–Trinajstić information content (AvgIpc) is 3.21. The fraction of sp³-hybridized carbons (Fsp3) is 0.462. The van der Waals surface area contributed by atoms with Gasteiger partial charge in [0.05, 0.1) is 6.42 Å². The number of nitrogens with zero attached hydrogens (tertiary/aromatic N) is 1. The Labute approximate surface area is 180 Å². The first-order valence-electron chi connectivity index (χ1n) is 11.0. The number of carbonyl (C=O) groups excluding carboxylic acids is 2. The van der Waals surface area contributed by atoms with E-state index in [1.54, 1.807) is 4.90 Å². The molecule has 2 amide bonds. The van der Waals surface area contributed by atoms with Gasteiger partial charge >= 0.3 is 0 Å². The molecule has 1 aliphatic carbocycles. The minimum atomic E-state index is -0.509. The van der Waals surface area contributed by atoms with Crippen molar-refractivity contribution in [3.63, 3.8) is 0 Å². The van der Waals surface area contributed by atoms with Crippen LogP contribution in [0.1, 0.15) is 60.4 Å². The summed E-state index contributed by atoms with van der Waals surface area (Å²) < 4.78 is 0. The van der Waals surface area contributed by atoms with Crippen LogP contribution >= 0.6 is 0 Å². The summed E-state index contributed by atoms with van der Waals surface area (Å²) in [4.78, 5) is 28.0. The normalized spacial score (nSPS) is 15.1. The third kappa shape index (κ3) is 5.71. The summed E-state index contributed by atoms with van der Waals surface area (Å²) in [5.74, 6) is -0.0724. The van der Waals surface area contributed by atoms with E-state index in [-0.39, 0.29) is 17.9 Å². The molecule has 1 N–H and O–H groups in total. The highest BCUT2D eigenvalue weighted by atomic mass is 16.2. The third-order valence-electron chi connectivity index (χ3n) is 6.23. The zero-order valence-corrected chi connectivity index (χ0v) is 18.7. The molecule has 1 fully saturated rings. The summed E-state index contributed by atoms with van der Waals surface area (Å²) in [6.45, 7) is 8.45. The van der Waals surface area contributed by atoms with Crippen molar-refractivity contribution in [1.29, 1.82) is 0 Å². The van der Waals surface area contributed by atoms with Gasteiger partial charge in [0.2, 0.25) is 11.8 Å². The summed E-state index contributed by atoms with van der Waals surface area (Å²) in [6, 6.07) is 14.0. The van der Waals surface area contributed by atoms with Gasteiger partial charge in [-0.3, -0.25) is 9.59 Å². The first-order chi connectivity index (χ1) is 14.3. The van der Waals surface area contributed by atoms with Crippen LogP contribution in [0.25, 0.3) is 0 Å². The minimum absolute atomic E-state index is 0.0196. The number of amides is 2. The molecule has 0 heterocycles. The summed E-state index contributed by atoms with van der Waals surface area (Å²) in [6.07, 6.45) is 4.70. The zero-order valence-electron chi connectivity index (χ0n) is 18.7. The first-order valence-corrected chi connectivity index (χ1v) is 11.0. The van der Waals surface area contributed by atoms with E-state index in [2.05, 4.69) is 37.4 Å². The van der Waals surface area contributed by atoms with Crippen molar-refractivity contribution in [2.75, 3.05) is 0 Å². The van der Waals surface area contributed by atoms with Crippen molar-refractivity contribution >= 4 is 11.8 Å². The topological polar surface area (TPSA) is 49.4 Å². The minimum Gasteiger partial charge on any atom is -0.352 e. The summed E-state index contributed by atoms with van der Waals surface area (Å²) >= 11 is 0. The number of nitrogens with one attached hydrogen (secondary N) is 1. The van der Waals surface area contributed by atoms with Gasteiger partial charge in [-0.15, -0.1) is 0 Å². The van der Waals surface area contributed by atoms with Crippen LogP contribution in [-0.4, -0.2) is 28.8 Å². The van der Waals surface area contributed by atoms with E-state index in [4.69, 9.17) is 0 Å². The monoisotopic (exact) mass is 406 g/mol. The molecule has 1 saturated carbocycles. The van der Waals surface area contributed by atoms with E-state index in [1.807, 2.05) is 38.1 Å². The highest BCUT2D eigenvalue weighted by Crippen LogP contribution is 2.19. The standard InChI is InChI=1S/C26H34N2O2/c1-18-8-7-9-23(14-18)17-28(21(4)26(30)27-24-10-5-6-11-24)25(29)16-22-13-12-19(2)20(3)15-22/h7-9,12-15,21,24H,5-6,10-11,16-17H2,1-4H3,(H,27,30). The van der Waals surface area contributed by atoms with Crippen LogP contribution in [0.5, 0.6) is 0 Å². The molecular formula is C26H34N2O2. The number of hydrogen-bond donors (Lipinski definition) is 1. The van der Waals surface area contributed by atoms with Crippen molar-refractivity contribution in [2.45, 2.75) is 78.4 Å². The van der Waals surface area contributed by atoms with Crippen molar-refractivity contribution in [1.82, 2.24) is 10.2 Å². The van der Waals surface area contributed by atoms with Gasteiger partial charge in [-0.1, -0.05) is 60.9 Å². The molecule has 30 heavy (non-hydrogen) atoms. The van der Waals surface area contributed by atoms with Gasteiger partial charge in [0.15, 0.2) is 0 Å². The molecule has 0 aromatic heterocycles. The molecule has 2 aromatic rings. The Morgan fingerprint density at radius 2 is 1.73 bits per heavy atom. The maximum Gasteiger partial charge on any atom is 0.242 e. The van der Waals surface area contributed by atoms with Crippen LogP contribution < -0.4 is 5.32 Å². The summed E-state index contributed by atoms with van der Waals surface area (Å²) in [5.41, 5.74) is 5.58. The fourth-order valence-electron chi connectivity index (χ4n) is 4.17. The second-order valence-electron chi connectivity index (χ2n) is 8.77. The molecule has 1 unspecified atom stereocenters. The maximum absolute atomic E-state index is 13.3. The van der Waals surface area contributed by atoms with Crippen LogP contribution in [0.2, 0.25) is 0 Å². The maximum atomic E-state index is 13.3. The lowest BCUT2D eigenvalue weighted by Crippen LogP contribution is -2.50. The lowest BCUT2D eigenvalue weighted by Gasteiger charge is -2.30. The second-order valence-corrected chi connectivity index (χ2v) is 8.77. The lowest BCUT2D eigenvalue weighted by molar-refractivity contribution is -0.140. The summed E-state index contributed by atoms with van der Waals surface area (Å²) in [7, 11) is 0. The predicted molar refractivity (Wildman–Crippen MR) is 121 cm³/mol. The van der Waals surface area contributed by atoms with Crippen LogP contribution in [0, 0.1) is 20.8 Å². The zero-order chi connectivity index (χ0) is 21.7. The molecule has 1 aliphatic rings. The van der Waals surface area contributed by atoms with Crippen molar-refractivity contribution < 1.29 is 9.59 Å². The molecule has 0 saturated heterocycles. The lowest BCUT2D eigenvalue weighted by atomic mass is 10.0. The largest absolute Gasteiger partial charge is 0.352 e. The van der Waals surface area contributed by atoms with Gasteiger partial charge in [-0.2, -0.15) is 0 Å². The third-order valence-corrected chi connectivity index (χ3v) is 6.23. The van der Waals surface area contributed by atoms with E-state index >= 15 is 0 Å². The van der Waals surface area contributed by atoms with E-state index < -0.39 is 6.04 Å². The van der Waals surface area contributed by atoms with Gasteiger partial charge in [0.1, 0.15) is 6.04 Å². The number of carbonyl (C=O) groups is 2. The molecule has 0 radical (unpaired) electrons. The van der Waals surface area contributed by atoms with Crippen LogP contribution in [0.4, 0.5) is 0 Å². The Bertz CT molecular complexity index is 900. The van der Waals surface area contributed by atoms with E-state index in [0.717, 1.165) is 42.4 Å². The molecule has 2 aromatic carbocycles. The van der Waals surface area contributed by atoms with Crippen molar-refractivity contribution in [3.05, 3.63) is 70.3 Å². The van der Waals surface area contributed by atoms with E-state index in [1.165, 1.54) is 11.1 Å². The average molecular weight is 407 g/mol. The van der Waals surface area contributed by atoms with Gasteiger partial charge in [0, 0.05) is 12.6 Å². The van der Waals surface area contributed by atoms with Gasteiger partial charge in [-0.25, -0.2) is 0 Å². The van der Waals surface area contributed by atoms with Crippen LogP contribution in [0.3, 0.4) is 0 Å². The molecule has 3 rings (SSSR count). The number of hydrogen-bond acceptors (Lipinski definition) is 2. The molecule has 4 nitrogen and oxygen atoms in total. The fourth-order valence-corrected chi connectivity index (χ4v) is 4.17. The Balaban J connectivity index is 1.78. The summed E-state index contributed by atoms with van der Waals surface area (Å²) in [5, 5.41) is 3.16. The number of benzene rings is 2. The highest BCUT2D eigenvalue weighted by molar-refractivity contribution is 5.88. The van der Waals surface area contributed by atoms with Crippen LogP contribution in [0.15, 0.2) is 42.5 Å². The SMILES string of the molecule is Cc1cccc(CN(C(=O)Cc2ccc(C)c(C)c2)C(C)C(=O)NC2CCCC2)c1. The highest BCUT2D eigenvalue weighted by Gasteiger charge is 2.28. The van der Waals surface area contributed by atoms with Crippen molar-refractivity contribution in [3.8, 4) is 0 Å². The Morgan fingerprint density at radius 1 is 1.00 bits per heavy atom. The van der Waals surface area contributed by atoms with Crippen LogP contribution in [-0.2, 0) is 22.6 Å². The van der Waals surface area contributed by atoms with E-state index in [0.29, 0.717) is 13.0 Å².